The first-order chi connectivity index (χ1) is 13.5. The van der Waals surface area contributed by atoms with Crippen molar-refractivity contribution >= 4 is 39.3 Å². The number of benzene rings is 2. The first-order valence-corrected chi connectivity index (χ1v) is 10.7. The van der Waals surface area contributed by atoms with Gasteiger partial charge in [-0.05, 0) is 83.1 Å². The van der Waals surface area contributed by atoms with Gasteiger partial charge >= 0.3 is 0 Å². The summed E-state index contributed by atoms with van der Waals surface area (Å²) in [5.41, 5.74) is 3.81. The maximum Gasteiger partial charge on any atom is 0.234 e. The van der Waals surface area contributed by atoms with E-state index in [4.69, 9.17) is 0 Å². The fourth-order valence-corrected chi connectivity index (χ4v) is 4.30. The van der Waals surface area contributed by atoms with Crippen molar-refractivity contribution < 1.29 is 9.90 Å². The van der Waals surface area contributed by atoms with E-state index in [0.717, 1.165) is 11.3 Å². The topological polar surface area (TPSA) is 80.0 Å². The van der Waals surface area contributed by atoms with Gasteiger partial charge in [0.15, 0.2) is 5.16 Å². The Hall–Kier alpha value is -2.32. The van der Waals surface area contributed by atoms with E-state index in [9.17, 15) is 9.90 Å². The van der Waals surface area contributed by atoms with Gasteiger partial charge in [-0.3, -0.25) is 9.36 Å². The molecule has 8 heteroatoms. The first-order valence-electron chi connectivity index (χ1n) is 8.95. The number of aryl methyl sites for hydroxylation is 1. The van der Waals surface area contributed by atoms with Crippen LogP contribution in [0.25, 0.3) is 5.69 Å². The van der Waals surface area contributed by atoms with Crippen molar-refractivity contribution in [3.05, 3.63) is 58.3 Å². The fraction of sp³-hybridized carbons (Fsp3) is 0.250. The van der Waals surface area contributed by atoms with Gasteiger partial charge in [0, 0.05) is 5.69 Å². The molecule has 1 saturated carbocycles. The fourth-order valence-electron chi connectivity index (χ4n) is 2.98. The summed E-state index contributed by atoms with van der Waals surface area (Å²) < 4.78 is 2.49. The van der Waals surface area contributed by atoms with E-state index in [-0.39, 0.29) is 17.4 Å². The van der Waals surface area contributed by atoms with Crippen LogP contribution in [0, 0.1) is 6.92 Å². The number of rotatable bonds is 6. The standard InChI is InChI=1S/C20H19BrN4O2S/c1-12-10-16(26)8-9-17(12)22-18(27)11-28-20-24-23-19(21)25(20)15-6-4-14(5-7-15)13-2-3-13/h4-10,13,26H,2-3,11H2,1H3,(H,22,27). The number of phenols is 1. The summed E-state index contributed by atoms with van der Waals surface area (Å²) in [5, 5.41) is 21.3. The lowest BCUT2D eigenvalue weighted by Crippen LogP contribution is -2.15. The quantitative estimate of drug-likeness (QED) is 0.414. The molecule has 3 aromatic rings. The molecule has 0 atom stereocenters. The number of phenolic OH excluding ortho intramolecular Hbond substituents is 1. The van der Waals surface area contributed by atoms with Crippen molar-refractivity contribution in [2.75, 3.05) is 11.1 Å². The molecule has 6 nitrogen and oxygen atoms in total. The molecular formula is C20H19BrN4O2S. The molecule has 0 bridgehead atoms. The highest BCUT2D eigenvalue weighted by Gasteiger charge is 2.23. The van der Waals surface area contributed by atoms with Crippen LogP contribution in [0.15, 0.2) is 52.4 Å². The van der Waals surface area contributed by atoms with E-state index < -0.39 is 0 Å². The average molecular weight is 459 g/mol. The summed E-state index contributed by atoms with van der Waals surface area (Å²) in [6.07, 6.45) is 2.54. The number of aromatic nitrogens is 3. The average Bonchev–Trinajstić information content (AvgIpc) is 3.46. The molecule has 1 amide bonds. The van der Waals surface area contributed by atoms with E-state index in [2.05, 4.69) is 55.7 Å². The van der Waals surface area contributed by atoms with Gasteiger partial charge in [0.2, 0.25) is 10.6 Å². The second kappa shape index (κ2) is 7.97. The molecule has 144 valence electrons. The number of carbonyl (C=O) groups excluding carboxylic acids is 1. The molecule has 1 fully saturated rings. The number of thioether (sulfide) groups is 1. The number of hydrogen-bond acceptors (Lipinski definition) is 5. The maximum absolute atomic E-state index is 12.3. The minimum Gasteiger partial charge on any atom is -0.508 e. The summed E-state index contributed by atoms with van der Waals surface area (Å²) in [5.74, 6) is 0.939. The monoisotopic (exact) mass is 458 g/mol. The van der Waals surface area contributed by atoms with E-state index in [1.54, 1.807) is 18.2 Å². The smallest absolute Gasteiger partial charge is 0.234 e. The Labute approximate surface area is 175 Å². The molecule has 2 aromatic carbocycles. The second-order valence-electron chi connectivity index (χ2n) is 6.79. The number of hydrogen-bond donors (Lipinski definition) is 2. The zero-order chi connectivity index (χ0) is 19.7. The van der Waals surface area contributed by atoms with Crippen LogP contribution in [-0.4, -0.2) is 31.5 Å². The van der Waals surface area contributed by atoms with E-state index in [1.165, 1.54) is 30.2 Å². The lowest BCUT2D eigenvalue weighted by Gasteiger charge is -2.10. The lowest BCUT2D eigenvalue weighted by atomic mass is 10.1. The number of amides is 1. The van der Waals surface area contributed by atoms with Gasteiger partial charge in [-0.1, -0.05) is 23.9 Å². The van der Waals surface area contributed by atoms with Crippen LogP contribution in [0.3, 0.4) is 0 Å². The van der Waals surface area contributed by atoms with Gasteiger partial charge in [-0.2, -0.15) is 0 Å². The molecule has 1 aliphatic rings. The molecule has 1 aliphatic carbocycles. The van der Waals surface area contributed by atoms with Crippen molar-refractivity contribution in [3.63, 3.8) is 0 Å². The molecule has 4 rings (SSSR count). The molecule has 1 aromatic heterocycles. The molecular weight excluding hydrogens is 440 g/mol. The largest absolute Gasteiger partial charge is 0.508 e. The van der Waals surface area contributed by atoms with Crippen molar-refractivity contribution in [1.82, 2.24) is 14.8 Å². The van der Waals surface area contributed by atoms with Gasteiger partial charge < -0.3 is 10.4 Å². The van der Waals surface area contributed by atoms with Gasteiger partial charge in [0.25, 0.3) is 0 Å². The van der Waals surface area contributed by atoms with Crippen LogP contribution in [-0.2, 0) is 4.79 Å². The lowest BCUT2D eigenvalue weighted by molar-refractivity contribution is -0.113. The Morgan fingerprint density at radius 3 is 2.68 bits per heavy atom. The third-order valence-electron chi connectivity index (χ3n) is 4.61. The molecule has 2 N–H and O–H groups in total. The second-order valence-corrected chi connectivity index (χ2v) is 8.44. The number of nitrogens with one attached hydrogen (secondary N) is 1. The summed E-state index contributed by atoms with van der Waals surface area (Å²) in [6.45, 7) is 1.83. The number of anilines is 1. The number of nitrogens with zero attached hydrogens (tertiary/aromatic N) is 3. The van der Waals surface area contributed by atoms with Crippen LogP contribution in [0.5, 0.6) is 5.75 Å². The highest BCUT2D eigenvalue weighted by atomic mass is 79.9. The van der Waals surface area contributed by atoms with Crippen molar-refractivity contribution in [2.45, 2.75) is 30.8 Å². The van der Waals surface area contributed by atoms with Gasteiger partial charge in [-0.15, -0.1) is 10.2 Å². The molecule has 0 aliphatic heterocycles. The predicted octanol–water partition coefficient (Wildman–Crippen LogP) is 4.65. The Bertz CT molecular complexity index is 1020. The van der Waals surface area contributed by atoms with E-state index >= 15 is 0 Å². The Kier molecular flexibility index (Phi) is 5.41. The minimum absolute atomic E-state index is 0.145. The Morgan fingerprint density at radius 1 is 1.25 bits per heavy atom. The SMILES string of the molecule is Cc1cc(O)ccc1NC(=O)CSc1nnc(Br)n1-c1ccc(C2CC2)cc1. The van der Waals surface area contributed by atoms with Gasteiger partial charge in [0.1, 0.15) is 5.75 Å². The number of aromatic hydroxyl groups is 1. The zero-order valence-electron chi connectivity index (χ0n) is 15.2. The number of carbonyl (C=O) groups is 1. The first kappa shape index (κ1) is 19.0. The minimum atomic E-state index is -0.145. The summed E-state index contributed by atoms with van der Waals surface area (Å²) >= 11 is 4.76. The van der Waals surface area contributed by atoms with Crippen molar-refractivity contribution in [2.24, 2.45) is 0 Å². The van der Waals surface area contributed by atoms with Crippen molar-refractivity contribution in [1.29, 1.82) is 0 Å². The molecule has 28 heavy (non-hydrogen) atoms. The van der Waals surface area contributed by atoms with Crippen molar-refractivity contribution in [3.8, 4) is 11.4 Å². The zero-order valence-corrected chi connectivity index (χ0v) is 17.6. The number of halogens is 1. The van der Waals surface area contributed by atoms with E-state index in [0.29, 0.717) is 21.5 Å². The molecule has 0 spiro atoms. The van der Waals surface area contributed by atoms with Crippen LogP contribution >= 0.6 is 27.7 Å². The van der Waals surface area contributed by atoms with E-state index in [1.807, 2.05) is 11.5 Å². The third-order valence-corrected chi connectivity index (χ3v) is 6.05. The highest BCUT2D eigenvalue weighted by Crippen LogP contribution is 2.40. The molecule has 0 radical (unpaired) electrons. The normalized spacial score (nSPS) is 13.5. The summed E-state index contributed by atoms with van der Waals surface area (Å²) in [4.78, 5) is 12.3. The Balaban J connectivity index is 1.44. The molecule has 1 heterocycles. The third kappa shape index (κ3) is 4.23. The summed E-state index contributed by atoms with van der Waals surface area (Å²) in [7, 11) is 0. The highest BCUT2D eigenvalue weighted by molar-refractivity contribution is 9.10. The molecule has 0 saturated heterocycles. The van der Waals surface area contributed by atoms with Crippen LogP contribution in [0.2, 0.25) is 0 Å². The maximum atomic E-state index is 12.3. The molecule has 0 unspecified atom stereocenters. The summed E-state index contributed by atoms with van der Waals surface area (Å²) in [6, 6.07) is 13.3. The van der Waals surface area contributed by atoms with Gasteiger partial charge in [0.05, 0.1) is 11.4 Å². The van der Waals surface area contributed by atoms with Crippen LogP contribution in [0.1, 0.15) is 29.9 Å². The Morgan fingerprint density at radius 2 is 2.00 bits per heavy atom. The van der Waals surface area contributed by atoms with Crippen LogP contribution in [0.4, 0.5) is 5.69 Å². The predicted molar refractivity (Wildman–Crippen MR) is 113 cm³/mol. The van der Waals surface area contributed by atoms with Gasteiger partial charge in [-0.25, -0.2) is 0 Å². The van der Waals surface area contributed by atoms with Crippen LogP contribution < -0.4 is 5.32 Å².